The van der Waals surface area contributed by atoms with Gasteiger partial charge < -0.3 is 18.7 Å². The lowest BCUT2D eigenvalue weighted by Gasteiger charge is -2.37. The first-order valence-electron chi connectivity index (χ1n) is 10.0. The van der Waals surface area contributed by atoms with Crippen LogP contribution in [0.4, 0.5) is 0 Å². The molecule has 28 heavy (non-hydrogen) atoms. The molecule has 0 unspecified atom stereocenters. The molecule has 1 aliphatic rings. The summed E-state index contributed by atoms with van der Waals surface area (Å²) in [6.07, 6.45) is 3.70. The van der Waals surface area contributed by atoms with Gasteiger partial charge in [0, 0.05) is 0 Å². The molecule has 0 amide bonds. The first-order chi connectivity index (χ1) is 12.5. The first kappa shape index (κ1) is 25.3. The molecular weight excluding hydrogens is 388 g/mol. The third-order valence-electron chi connectivity index (χ3n) is 6.27. The normalized spacial score (nSPS) is 20.5. The number of carbonyl (C=O) groups is 1. The standard InChI is InChI=1S/C21H40O5Si2/c1-20(2,3)27(7,8)24-13-11-12-16-14-18(26-19(16)23)17(22)15-25-28(9,10)21(4,5)6/h11-12,14,17-18,22H,13,15H2,1-10H3/b12-11+/t17-,18-/m0/s1. The van der Waals surface area contributed by atoms with Crippen LogP contribution in [-0.2, 0) is 18.4 Å². The zero-order valence-corrected chi connectivity index (χ0v) is 21.4. The van der Waals surface area contributed by atoms with Gasteiger partial charge in [0.1, 0.15) is 12.2 Å². The highest BCUT2D eigenvalue weighted by atomic mass is 28.4. The van der Waals surface area contributed by atoms with E-state index < -0.39 is 34.8 Å². The van der Waals surface area contributed by atoms with Crippen molar-refractivity contribution < 1.29 is 23.5 Å². The van der Waals surface area contributed by atoms with Crippen molar-refractivity contribution in [3.8, 4) is 0 Å². The van der Waals surface area contributed by atoms with E-state index in [0.29, 0.717) is 12.2 Å². The van der Waals surface area contributed by atoms with Crippen LogP contribution in [0.5, 0.6) is 0 Å². The Hall–Kier alpha value is -0.736. The van der Waals surface area contributed by atoms with Crippen molar-refractivity contribution >= 4 is 22.6 Å². The Kier molecular flexibility index (Phi) is 8.09. The second-order valence-electron chi connectivity index (χ2n) is 10.6. The molecule has 0 aromatic heterocycles. The summed E-state index contributed by atoms with van der Waals surface area (Å²) >= 11 is 0. The maximum atomic E-state index is 12.1. The number of esters is 1. The van der Waals surface area contributed by atoms with E-state index in [0.717, 1.165) is 0 Å². The van der Waals surface area contributed by atoms with Gasteiger partial charge in [-0.2, -0.15) is 0 Å². The monoisotopic (exact) mass is 428 g/mol. The zero-order chi connectivity index (χ0) is 22.0. The molecule has 1 N–H and O–H groups in total. The molecule has 7 heteroatoms. The number of hydrogen-bond donors (Lipinski definition) is 1. The first-order valence-corrected chi connectivity index (χ1v) is 15.8. The van der Waals surface area contributed by atoms with Gasteiger partial charge in [-0.3, -0.25) is 0 Å². The predicted molar refractivity (Wildman–Crippen MR) is 119 cm³/mol. The third kappa shape index (κ3) is 6.66. The van der Waals surface area contributed by atoms with Crippen LogP contribution in [-0.4, -0.2) is 53.1 Å². The summed E-state index contributed by atoms with van der Waals surface area (Å²) in [6, 6.07) is 0. The molecule has 0 spiro atoms. The van der Waals surface area contributed by atoms with E-state index in [2.05, 4.69) is 67.7 Å². The molecule has 1 rings (SSSR count). The van der Waals surface area contributed by atoms with Gasteiger partial charge in [0.2, 0.25) is 0 Å². The van der Waals surface area contributed by atoms with Gasteiger partial charge in [-0.1, -0.05) is 47.6 Å². The quantitative estimate of drug-likeness (QED) is 0.444. The molecular formula is C21H40O5Si2. The second kappa shape index (κ2) is 8.96. The van der Waals surface area contributed by atoms with Crippen LogP contribution in [0.1, 0.15) is 41.5 Å². The topological polar surface area (TPSA) is 65.0 Å². The largest absolute Gasteiger partial charge is 0.452 e. The average molecular weight is 429 g/mol. The van der Waals surface area contributed by atoms with Gasteiger partial charge in [-0.15, -0.1) is 0 Å². The van der Waals surface area contributed by atoms with Crippen LogP contribution >= 0.6 is 0 Å². The highest BCUT2D eigenvalue weighted by molar-refractivity contribution is 6.74. The van der Waals surface area contributed by atoms with Crippen molar-refractivity contribution in [2.24, 2.45) is 0 Å². The minimum atomic E-state index is -1.96. The molecule has 5 nitrogen and oxygen atoms in total. The van der Waals surface area contributed by atoms with E-state index >= 15 is 0 Å². The van der Waals surface area contributed by atoms with Gasteiger partial charge >= 0.3 is 5.97 Å². The van der Waals surface area contributed by atoms with Gasteiger partial charge in [0.25, 0.3) is 0 Å². The molecule has 2 atom stereocenters. The molecule has 1 aliphatic heterocycles. The van der Waals surface area contributed by atoms with Crippen molar-refractivity contribution in [1.29, 1.82) is 0 Å². The molecule has 0 saturated carbocycles. The molecule has 0 aromatic rings. The van der Waals surface area contributed by atoms with Crippen LogP contribution in [0.25, 0.3) is 0 Å². The molecule has 162 valence electrons. The van der Waals surface area contributed by atoms with Crippen molar-refractivity contribution in [3.05, 3.63) is 23.8 Å². The lowest BCUT2D eigenvalue weighted by molar-refractivity contribution is -0.144. The van der Waals surface area contributed by atoms with E-state index in [1.54, 1.807) is 12.2 Å². The summed E-state index contributed by atoms with van der Waals surface area (Å²) < 4.78 is 17.4. The van der Waals surface area contributed by atoms with Crippen molar-refractivity contribution in [3.63, 3.8) is 0 Å². The number of aliphatic hydroxyl groups excluding tert-OH is 1. The van der Waals surface area contributed by atoms with Crippen molar-refractivity contribution in [2.45, 2.75) is 90.0 Å². The van der Waals surface area contributed by atoms with E-state index in [9.17, 15) is 9.90 Å². The van der Waals surface area contributed by atoms with Crippen LogP contribution < -0.4 is 0 Å². The molecule has 0 aromatic carbocycles. The molecule has 0 saturated heterocycles. The molecule has 0 radical (unpaired) electrons. The van der Waals surface area contributed by atoms with Gasteiger partial charge in [-0.05, 0) is 48.4 Å². The lowest BCUT2D eigenvalue weighted by atomic mass is 10.1. The van der Waals surface area contributed by atoms with E-state index in [-0.39, 0.29) is 16.7 Å². The highest BCUT2D eigenvalue weighted by Gasteiger charge is 2.39. The van der Waals surface area contributed by atoms with Crippen LogP contribution in [0.3, 0.4) is 0 Å². The molecule has 0 fully saturated rings. The Labute approximate surface area is 173 Å². The van der Waals surface area contributed by atoms with Crippen LogP contribution in [0, 0.1) is 0 Å². The second-order valence-corrected chi connectivity index (χ2v) is 20.2. The number of aliphatic hydroxyl groups is 1. The summed E-state index contributed by atoms with van der Waals surface area (Å²) in [6.45, 7) is 22.3. The highest BCUT2D eigenvalue weighted by Crippen LogP contribution is 2.37. The third-order valence-corrected chi connectivity index (χ3v) is 15.3. The Balaban J connectivity index is 2.62. The smallest absolute Gasteiger partial charge is 0.338 e. The Morgan fingerprint density at radius 1 is 1.07 bits per heavy atom. The fraction of sp³-hybridized carbons (Fsp3) is 0.762. The SMILES string of the molecule is CC(C)(C)[Si](C)(C)OC/C=C/C1=C[C@@H]([C@@H](O)CO[Si](C)(C)C(C)(C)C)OC1=O. The lowest BCUT2D eigenvalue weighted by Crippen LogP contribution is -2.44. The van der Waals surface area contributed by atoms with Crippen LogP contribution in [0.2, 0.25) is 36.3 Å². The zero-order valence-electron chi connectivity index (χ0n) is 19.4. The number of ether oxygens (including phenoxy) is 1. The Morgan fingerprint density at radius 3 is 2.07 bits per heavy atom. The maximum Gasteiger partial charge on any atom is 0.338 e. The van der Waals surface area contributed by atoms with Gasteiger partial charge in [0.05, 0.1) is 18.8 Å². The Morgan fingerprint density at radius 2 is 1.57 bits per heavy atom. The summed E-state index contributed by atoms with van der Waals surface area (Å²) in [5, 5.41) is 10.6. The Bertz CT molecular complexity index is 609. The van der Waals surface area contributed by atoms with Crippen molar-refractivity contribution in [1.82, 2.24) is 0 Å². The minimum Gasteiger partial charge on any atom is -0.452 e. The number of hydrogen-bond acceptors (Lipinski definition) is 5. The minimum absolute atomic E-state index is 0.0625. The van der Waals surface area contributed by atoms with Crippen molar-refractivity contribution in [2.75, 3.05) is 13.2 Å². The van der Waals surface area contributed by atoms with Gasteiger partial charge in [0.15, 0.2) is 16.6 Å². The number of carbonyl (C=O) groups excluding carboxylic acids is 1. The average Bonchev–Trinajstić information content (AvgIpc) is 2.88. The maximum absolute atomic E-state index is 12.1. The van der Waals surface area contributed by atoms with E-state index in [1.807, 2.05) is 6.08 Å². The van der Waals surface area contributed by atoms with Crippen LogP contribution in [0.15, 0.2) is 23.8 Å². The molecule has 1 heterocycles. The summed E-state index contributed by atoms with van der Waals surface area (Å²) in [4.78, 5) is 12.1. The molecule has 0 bridgehead atoms. The molecule has 0 aliphatic carbocycles. The number of cyclic esters (lactones) is 1. The summed E-state index contributed by atoms with van der Waals surface area (Å²) in [7, 11) is -3.77. The fourth-order valence-electron chi connectivity index (χ4n) is 2.04. The van der Waals surface area contributed by atoms with E-state index in [1.165, 1.54) is 0 Å². The fourth-order valence-corrected chi connectivity index (χ4v) is 4.00. The predicted octanol–water partition coefficient (Wildman–Crippen LogP) is 4.80. The summed E-state index contributed by atoms with van der Waals surface area (Å²) in [5.41, 5.74) is 0.454. The number of rotatable bonds is 8. The van der Waals surface area contributed by atoms with E-state index in [4.69, 9.17) is 13.6 Å². The van der Waals surface area contributed by atoms with Gasteiger partial charge in [-0.25, -0.2) is 4.79 Å². The summed E-state index contributed by atoms with van der Waals surface area (Å²) in [5.74, 6) is -0.417.